The summed E-state index contributed by atoms with van der Waals surface area (Å²) in [5, 5.41) is 0. The van der Waals surface area contributed by atoms with Crippen LogP contribution in [0.2, 0.25) is 0 Å². The van der Waals surface area contributed by atoms with Gasteiger partial charge in [-0.1, -0.05) is 18.2 Å². The zero-order valence-electron chi connectivity index (χ0n) is 17.5. The zero-order chi connectivity index (χ0) is 19.8. The molecular formula is C24H30N2O. The van der Waals surface area contributed by atoms with Crippen LogP contribution in [0, 0.1) is 6.92 Å². The van der Waals surface area contributed by atoms with Crippen LogP contribution in [0.1, 0.15) is 51.3 Å². The number of anilines is 1. The fourth-order valence-electron chi connectivity index (χ4n) is 4.17. The Morgan fingerprint density at radius 3 is 2.48 bits per heavy atom. The van der Waals surface area contributed by atoms with Gasteiger partial charge in [0.2, 0.25) is 0 Å². The molecule has 0 spiro atoms. The number of aryl methyl sites for hydroxylation is 1. The minimum Gasteiger partial charge on any atom is -0.494 e. The number of aliphatic imine (C=N–C) groups is 1. The molecule has 0 saturated heterocycles. The first-order valence-corrected chi connectivity index (χ1v) is 9.55. The molecule has 0 bridgehead atoms. The quantitative estimate of drug-likeness (QED) is 0.608. The van der Waals surface area contributed by atoms with Gasteiger partial charge in [-0.15, -0.1) is 0 Å². The maximum atomic E-state index is 5.41. The van der Waals surface area contributed by atoms with Crippen molar-refractivity contribution >= 4 is 23.2 Å². The Hall–Kier alpha value is -2.55. The molecule has 0 atom stereocenters. The summed E-state index contributed by atoms with van der Waals surface area (Å²) in [5.74, 6) is 0.785. The van der Waals surface area contributed by atoms with Gasteiger partial charge in [-0.2, -0.15) is 0 Å². The number of methoxy groups -OCH3 is 1. The lowest BCUT2D eigenvalue weighted by Gasteiger charge is -2.46. The summed E-state index contributed by atoms with van der Waals surface area (Å²) in [4.78, 5) is 7.19. The number of nitrogens with zero attached hydrogens (tertiary/aromatic N) is 2. The van der Waals surface area contributed by atoms with Crippen molar-refractivity contribution < 1.29 is 4.74 Å². The number of para-hydroxylation sites is 2. The Kier molecular flexibility index (Phi) is 5.14. The number of fused-ring (bicyclic) bond motifs is 1. The van der Waals surface area contributed by atoms with E-state index in [0.29, 0.717) is 6.04 Å². The predicted octanol–water partition coefficient (Wildman–Crippen LogP) is 6.16. The van der Waals surface area contributed by atoms with Gasteiger partial charge in [0.05, 0.1) is 12.6 Å². The number of ether oxygens (including phenoxy) is 1. The van der Waals surface area contributed by atoms with E-state index in [1.54, 1.807) is 7.11 Å². The largest absolute Gasteiger partial charge is 0.494 e. The first-order valence-electron chi connectivity index (χ1n) is 9.55. The van der Waals surface area contributed by atoms with Crippen molar-refractivity contribution in [1.82, 2.24) is 0 Å². The minimum absolute atomic E-state index is 0.00466. The van der Waals surface area contributed by atoms with Gasteiger partial charge in [-0.3, -0.25) is 4.99 Å². The average molecular weight is 363 g/mol. The summed E-state index contributed by atoms with van der Waals surface area (Å²) >= 11 is 0. The van der Waals surface area contributed by atoms with Crippen molar-refractivity contribution in [2.45, 2.75) is 53.1 Å². The number of hydrogen-bond acceptors (Lipinski definition) is 3. The molecule has 3 heteroatoms. The van der Waals surface area contributed by atoms with E-state index in [1.165, 1.54) is 22.4 Å². The van der Waals surface area contributed by atoms with Gasteiger partial charge in [0.1, 0.15) is 11.4 Å². The van der Waals surface area contributed by atoms with Crippen LogP contribution in [0.4, 0.5) is 11.4 Å². The molecule has 3 rings (SSSR count). The van der Waals surface area contributed by atoms with E-state index in [-0.39, 0.29) is 5.54 Å². The molecule has 142 valence electrons. The van der Waals surface area contributed by atoms with Crippen molar-refractivity contribution in [1.29, 1.82) is 0 Å². The van der Waals surface area contributed by atoms with E-state index in [1.807, 2.05) is 30.5 Å². The predicted molar refractivity (Wildman–Crippen MR) is 117 cm³/mol. The molecule has 1 heterocycles. The molecule has 0 amide bonds. The van der Waals surface area contributed by atoms with Gasteiger partial charge in [0.15, 0.2) is 0 Å². The fourth-order valence-corrected chi connectivity index (χ4v) is 4.17. The second kappa shape index (κ2) is 7.22. The lowest BCUT2D eigenvalue weighted by Crippen LogP contribution is -2.49. The third-order valence-corrected chi connectivity index (χ3v) is 5.20. The lowest BCUT2D eigenvalue weighted by atomic mass is 9.86. The van der Waals surface area contributed by atoms with Crippen molar-refractivity contribution in [3.63, 3.8) is 0 Å². The highest BCUT2D eigenvalue weighted by Crippen LogP contribution is 2.41. The Labute approximate surface area is 163 Å². The van der Waals surface area contributed by atoms with Gasteiger partial charge in [0, 0.05) is 23.5 Å². The molecule has 1 aliphatic heterocycles. The Morgan fingerprint density at radius 2 is 1.81 bits per heavy atom. The summed E-state index contributed by atoms with van der Waals surface area (Å²) in [6.45, 7) is 13.4. The lowest BCUT2D eigenvalue weighted by molar-refractivity contribution is 0.416. The fraction of sp³-hybridized carbons (Fsp3) is 0.375. The number of hydrogen-bond donors (Lipinski definition) is 0. The molecule has 0 saturated carbocycles. The van der Waals surface area contributed by atoms with Crippen LogP contribution in [-0.2, 0) is 0 Å². The molecular weight excluding hydrogens is 332 g/mol. The molecule has 2 aromatic carbocycles. The molecule has 0 fully saturated rings. The van der Waals surface area contributed by atoms with Crippen molar-refractivity contribution in [3.8, 4) is 5.75 Å². The van der Waals surface area contributed by atoms with Crippen molar-refractivity contribution in [3.05, 3.63) is 59.2 Å². The first-order chi connectivity index (χ1) is 12.7. The molecule has 0 aliphatic carbocycles. The van der Waals surface area contributed by atoms with Gasteiger partial charge in [-0.25, -0.2) is 0 Å². The van der Waals surface area contributed by atoms with Gasteiger partial charge < -0.3 is 9.64 Å². The number of rotatable bonds is 4. The first kappa shape index (κ1) is 19.2. The SMILES string of the molecule is COc1ccccc1N=Cc1cc2c(cc1C)N(C(C)C)C(C)(C)C=C2C. The summed E-state index contributed by atoms with van der Waals surface area (Å²) in [6.07, 6.45) is 4.31. The molecule has 0 N–H and O–H groups in total. The minimum atomic E-state index is 0.00466. The maximum absolute atomic E-state index is 5.41. The summed E-state index contributed by atoms with van der Waals surface area (Å²) < 4.78 is 5.41. The van der Waals surface area contributed by atoms with E-state index in [4.69, 9.17) is 4.74 Å². The van der Waals surface area contributed by atoms with E-state index < -0.39 is 0 Å². The molecule has 1 aliphatic rings. The second-order valence-electron chi connectivity index (χ2n) is 8.10. The molecule has 0 radical (unpaired) electrons. The normalized spacial score (nSPS) is 15.9. The zero-order valence-corrected chi connectivity index (χ0v) is 17.5. The average Bonchev–Trinajstić information content (AvgIpc) is 2.59. The van der Waals surface area contributed by atoms with Crippen LogP contribution >= 0.6 is 0 Å². The summed E-state index contributed by atoms with van der Waals surface area (Å²) in [5.41, 5.74) is 7.12. The summed E-state index contributed by atoms with van der Waals surface area (Å²) in [7, 11) is 1.68. The van der Waals surface area contributed by atoms with Gasteiger partial charge in [-0.05, 0) is 82.5 Å². The van der Waals surface area contributed by atoms with Gasteiger partial charge >= 0.3 is 0 Å². The smallest absolute Gasteiger partial charge is 0.144 e. The van der Waals surface area contributed by atoms with Crippen LogP contribution in [0.25, 0.3) is 5.57 Å². The Bertz CT molecular complexity index is 907. The Morgan fingerprint density at radius 1 is 1.11 bits per heavy atom. The highest BCUT2D eigenvalue weighted by atomic mass is 16.5. The van der Waals surface area contributed by atoms with E-state index in [0.717, 1.165) is 17.0 Å². The third-order valence-electron chi connectivity index (χ3n) is 5.20. The Balaban J connectivity index is 2.06. The molecule has 27 heavy (non-hydrogen) atoms. The van der Waals surface area contributed by atoms with Gasteiger partial charge in [0.25, 0.3) is 0 Å². The molecule has 0 unspecified atom stereocenters. The molecule has 0 aromatic heterocycles. The standard InChI is InChI=1S/C24H30N2O/c1-16(2)26-22-12-17(3)19(13-20(22)18(4)14-24(26,5)6)15-25-21-10-8-9-11-23(21)27-7/h8-16H,1-7H3. The van der Waals surface area contributed by atoms with Crippen molar-refractivity contribution in [2.75, 3.05) is 12.0 Å². The van der Waals surface area contributed by atoms with Crippen LogP contribution in [0.3, 0.4) is 0 Å². The van der Waals surface area contributed by atoms with E-state index in [2.05, 4.69) is 69.6 Å². The maximum Gasteiger partial charge on any atom is 0.144 e. The van der Waals surface area contributed by atoms with Crippen LogP contribution in [0.5, 0.6) is 5.75 Å². The highest BCUT2D eigenvalue weighted by molar-refractivity contribution is 5.90. The van der Waals surface area contributed by atoms with Crippen LogP contribution in [0.15, 0.2) is 47.5 Å². The van der Waals surface area contributed by atoms with Crippen LogP contribution in [-0.4, -0.2) is 24.9 Å². The van der Waals surface area contributed by atoms with Crippen LogP contribution < -0.4 is 9.64 Å². The number of allylic oxidation sites excluding steroid dienone is 1. The van der Waals surface area contributed by atoms with E-state index in [9.17, 15) is 0 Å². The van der Waals surface area contributed by atoms with E-state index >= 15 is 0 Å². The molecule has 2 aromatic rings. The molecule has 3 nitrogen and oxygen atoms in total. The summed E-state index contributed by atoms with van der Waals surface area (Å²) in [6, 6.07) is 12.8. The third kappa shape index (κ3) is 3.64. The highest BCUT2D eigenvalue weighted by Gasteiger charge is 2.33. The monoisotopic (exact) mass is 362 g/mol. The van der Waals surface area contributed by atoms with Crippen molar-refractivity contribution in [2.24, 2.45) is 4.99 Å². The topological polar surface area (TPSA) is 24.8 Å². The second-order valence-corrected chi connectivity index (χ2v) is 8.10. The number of benzene rings is 2.